The summed E-state index contributed by atoms with van der Waals surface area (Å²) >= 11 is 0. The van der Waals surface area contributed by atoms with Crippen molar-refractivity contribution < 1.29 is 0 Å². The van der Waals surface area contributed by atoms with Gasteiger partial charge in [-0.25, -0.2) is 0 Å². The van der Waals surface area contributed by atoms with E-state index < -0.39 is 0 Å². The average molecular weight is 244 g/mol. The van der Waals surface area contributed by atoms with Gasteiger partial charge in [0.15, 0.2) is 0 Å². The zero-order valence-electron chi connectivity index (χ0n) is 11.1. The number of allylic oxidation sites excluding steroid dienone is 4. The van der Waals surface area contributed by atoms with Gasteiger partial charge < -0.3 is 0 Å². The summed E-state index contributed by atoms with van der Waals surface area (Å²) in [6.45, 7) is 2.24. The lowest BCUT2D eigenvalue weighted by atomic mass is 9.94. The molecule has 0 aromatic heterocycles. The van der Waals surface area contributed by atoms with E-state index in [1.807, 2.05) is 0 Å². The lowest BCUT2D eigenvalue weighted by molar-refractivity contribution is 1.25. The zero-order chi connectivity index (χ0) is 12.8. The first kappa shape index (κ1) is 10.8. The molecule has 2 aromatic carbocycles. The summed E-state index contributed by atoms with van der Waals surface area (Å²) in [6, 6.07) is 13.5. The Morgan fingerprint density at radius 1 is 1.00 bits per heavy atom. The molecule has 0 atom stereocenters. The molecule has 0 heteroatoms. The van der Waals surface area contributed by atoms with E-state index in [0.29, 0.717) is 0 Å². The van der Waals surface area contributed by atoms with Crippen LogP contribution in [0.3, 0.4) is 0 Å². The Hall–Kier alpha value is -2.08. The molecule has 0 spiro atoms. The molecule has 2 aromatic rings. The lowest BCUT2D eigenvalue weighted by Gasteiger charge is -2.10. The largest absolute Gasteiger partial charge is 0.0801 e. The highest BCUT2D eigenvalue weighted by molar-refractivity contribution is 5.83. The second-order valence-electron chi connectivity index (χ2n) is 5.49. The molecule has 0 saturated heterocycles. The Labute approximate surface area is 114 Å². The van der Waals surface area contributed by atoms with E-state index in [9.17, 15) is 0 Å². The molecular formula is C19H16. The van der Waals surface area contributed by atoms with E-state index in [4.69, 9.17) is 0 Å². The van der Waals surface area contributed by atoms with Crippen molar-refractivity contribution in [2.45, 2.75) is 19.8 Å². The molecule has 0 nitrogen and oxygen atoms in total. The van der Waals surface area contributed by atoms with Crippen molar-refractivity contribution >= 4 is 5.57 Å². The van der Waals surface area contributed by atoms with Gasteiger partial charge in [-0.05, 0) is 58.7 Å². The Kier molecular flexibility index (Phi) is 2.25. The first-order valence-corrected chi connectivity index (χ1v) is 6.91. The smallest absolute Gasteiger partial charge is 0.00131 e. The maximum absolute atomic E-state index is 2.39. The Morgan fingerprint density at radius 2 is 1.89 bits per heavy atom. The van der Waals surface area contributed by atoms with Gasteiger partial charge in [0, 0.05) is 0 Å². The van der Waals surface area contributed by atoms with E-state index in [1.165, 1.54) is 39.0 Å². The van der Waals surface area contributed by atoms with Crippen molar-refractivity contribution in [1.82, 2.24) is 0 Å². The summed E-state index contributed by atoms with van der Waals surface area (Å²) in [5.74, 6) is 0. The van der Waals surface area contributed by atoms with E-state index in [0.717, 1.165) is 12.8 Å². The van der Waals surface area contributed by atoms with Crippen LogP contribution in [0.5, 0.6) is 0 Å². The molecule has 0 bridgehead atoms. The van der Waals surface area contributed by atoms with Gasteiger partial charge in [0.25, 0.3) is 0 Å². The van der Waals surface area contributed by atoms with Gasteiger partial charge in [0.1, 0.15) is 0 Å². The predicted molar refractivity (Wildman–Crippen MR) is 81.2 cm³/mol. The third kappa shape index (κ3) is 1.60. The zero-order valence-corrected chi connectivity index (χ0v) is 11.1. The Morgan fingerprint density at radius 3 is 2.74 bits per heavy atom. The second kappa shape index (κ2) is 3.96. The summed E-state index contributed by atoms with van der Waals surface area (Å²) in [6.07, 6.45) is 8.79. The number of aryl methyl sites for hydroxylation is 1. The van der Waals surface area contributed by atoms with Crippen LogP contribution in [0.2, 0.25) is 0 Å². The molecule has 4 rings (SSSR count). The van der Waals surface area contributed by atoms with E-state index in [1.54, 1.807) is 0 Å². The minimum Gasteiger partial charge on any atom is -0.0801 e. The molecule has 0 saturated carbocycles. The fraction of sp³-hybridized carbons (Fsp3) is 0.158. The van der Waals surface area contributed by atoms with Crippen LogP contribution in [0.4, 0.5) is 0 Å². The number of rotatable bonds is 1. The van der Waals surface area contributed by atoms with Crippen LogP contribution in [0.25, 0.3) is 16.7 Å². The van der Waals surface area contributed by atoms with Gasteiger partial charge in [-0.3, -0.25) is 0 Å². The predicted octanol–water partition coefficient (Wildman–Crippen LogP) is 4.91. The number of fused-ring (bicyclic) bond motifs is 3. The average Bonchev–Trinajstić information content (AvgIpc) is 3.05. The van der Waals surface area contributed by atoms with Crippen molar-refractivity contribution in [1.29, 1.82) is 0 Å². The van der Waals surface area contributed by atoms with Crippen molar-refractivity contribution in [3.8, 4) is 11.1 Å². The molecule has 0 unspecified atom stereocenters. The van der Waals surface area contributed by atoms with Crippen LogP contribution in [-0.2, 0) is 6.42 Å². The van der Waals surface area contributed by atoms with Crippen molar-refractivity contribution in [3.05, 3.63) is 76.9 Å². The summed E-state index contributed by atoms with van der Waals surface area (Å²) in [7, 11) is 0. The van der Waals surface area contributed by atoms with E-state index in [2.05, 4.69) is 61.5 Å². The van der Waals surface area contributed by atoms with Gasteiger partial charge in [-0.15, -0.1) is 0 Å². The maximum atomic E-state index is 2.39. The summed E-state index contributed by atoms with van der Waals surface area (Å²) < 4.78 is 0. The van der Waals surface area contributed by atoms with Crippen molar-refractivity contribution in [3.63, 3.8) is 0 Å². The van der Waals surface area contributed by atoms with Crippen molar-refractivity contribution in [2.75, 3.05) is 0 Å². The molecule has 0 radical (unpaired) electrons. The molecule has 92 valence electrons. The fourth-order valence-corrected chi connectivity index (χ4v) is 3.36. The topological polar surface area (TPSA) is 0 Å². The van der Waals surface area contributed by atoms with Gasteiger partial charge in [0.2, 0.25) is 0 Å². The number of benzene rings is 2. The van der Waals surface area contributed by atoms with Gasteiger partial charge in [-0.1, -0.05) is 54.6 Å². The van der Waals surface area contributed by atoms with Crippen molar-refractivity contribution in [2.24, 2.45) is 0 Å². The van der Waals surface area contributed by atoms with Crippen LogP contribution in [0.1, 0.15) is 28.7 Å². The molecule has 0 fully saturated rings. The number of hydrogen-bond donors (Lipinski definition) is 0. The van der Waals surface area contributed by atoms with Gasteiger partial charge in [-0.2, -0.15) is 0 Å². The standard InChI is InChI=1S/C19H16/c1-13-10-16(14-6-2-3-7-14)12-17-11-15-8-4-5-9-18(15)19(13)17/h2-6,8-10,12H,7,11H2,1H3. The maximum Gasteiger partial charge on any atom is -0.00131 e. The molecule has 19 heavy (non-hydrogen) atoms. The first-order chi connectivity index (χ1) is 9.33. The molecule has 0 aliphatic heterocycles. The molecule has 0 heterocycles. The summed E-state index contributed by atoms with van der Waals surface area (Å²) in [5, 5.41) is 0. The third-order valence-electron chi connectivity index (χ3n) is 4.23. The van der Waals surface area contributed by atoms with E-state index >= 15 is 0 Å². The van der Waals surface area contributed by atoms with Crippen LogP contribution in [-0.4, -0.2) is 0 Å². The van der Waals surface area contributed by atoms with Crippen LogP contribution >= 0.6 is 0 Å². The minimum absolute atomic E-state index is 1.07. The lowest BCUT2D eigenvalue weighted by Crippen LogP contribution is -1.90. The highest BCUT2D eigenvalue weighted by Crippen LogP contribution is 2.40. The monoisotopic (exact) mass is 244 g/mol. The second-order valence-corrected chi connectivity index (χ2v) is 5.49. The normalized spacial score (nSPS) is 15.3. The highest BCUT2D eigenvalue weighted by atomic mass is 14.2. The Bertz CT molecular complexity index is 730. The van der Waals surface area contributed by atoms with Crippen LogP contribution < -0.4 is 0 Å². The molecule has 0 N–H and O–H groups in total. The fourth-order valence-electron chi connectivity index (χ4n) is 3.36. The molecule has 2 aliphatic rings. The SMILES string of the molecule is Cc1cc(C2=CC=CC2)cc2c1-c1ccccc1C2. The highest BCUT2D eigenvalue weighted by Gasteiger charge is 2.21. The Balaban J connectivity index is 1.88. The van der Waals surface area contributed by atoms with Crippen LogP contribution in [0.15, 0.2) is 54.6 Å². The van der Waals surface area contributed by atoms with E-state index in [-0.39, 0.29) is 0 Å². The molecule has 2 aliphatic carbocycles. The van der Waals surface area contributed by atoms with Gasteiger partial charge in [0.05, 0.1) is 0 Å². The third-order valence-corrected chi connectivity index (χ3v) is 4.23. The summed E-state index contributed by atoms with van der Waals surface area (Å²) in [4.78, 5) is 0. The minimum atomic E-state index is 1.07. The number of hydrogen-bond acceptors (Lipinski definition) is 0. The van der Waals surface area contributed by atoms with Crippen LogP contribution in [0, 0.1) is 6.92 Å². The molecule has 0 amide bonds. The molecular weight excluding hydrogens is 228 g/mol. The quantitative estimate of drug-likeness (QED) is 0.570. The first-order valence-electron chi connectivity index (χ1n) is 6.91. The van der Waals surface area contributed by atoms with Gasteiger partial charge >= 0.3 is 0 Å². The summed E-state index contributed by atoms with van der Waals surface area (Å²) in [5.41, 5.74) is 10.1.